The van der Waals surface area contributed by atoms with Gasteiger partial charge in [0.15, 0.2) is 0 Å². The van der Waals surface area contributed by atoms with E-state index >= 15 is 0 Å². The molecule has 10 heteroatoms. The molecule has 1 aliphatic rings. The maximum absolute atomic E-state index is 13.3. The summed E-state index contributed by atoms with van der Waals surface area (Å²) in [7, 11) is 0. The first-order valence-corrected chi connectivity index (χ1v) is 9.25. The van der Waals surface area contributed by atoms with E-state index in [1.165, 1.54) is 4.90 Å². The summed E-state index contributed by atoms with van der Waals surface area (Å²) in [6, 6.07) is 9.63. The molecule has 1 N–H and O–H groups in total. The molecular formula is C20H20F5N3O2. The van der Waals surface area contributed by atoms with E-state index in [1.54, 1.807) is 0 Å². The van der Waals surface area contributed by atoms with Gasteiger partial charge in [-0.1, -0.05) is 30.3 Å². The van der Waals surface area contributed by atoms with Gasteiger partial charge in [0.2, 0.25) is 0 Å². The summed E-state index contributed by atoms with van der Waals surface area (Å²) in [5.41, 5.74) is -1.61. The van der Waals surface area contributed by atoms with Crippen LogP contribution in [-0.4, -0.2) is 46.6 Å². The van der Waals surface area contributed by atoms with Crippen molar-refractivity contribution < 1.29 is 31.9 Å². The Morgan fingerprint density at radius 1 is 1.20 bits per heavy atom. The summed E-state index contributed by atoms with van der Waals surface area (Å²) in [5.74, 6) is -1.17. The Morgan fingerprint density at radius 3 is 2.50 bits per heavy atom. The van der Waals surface area contributed by atoms with Crippen molar-refractivity contribution in [1.29, 1.82) is 0 Å². The van der Waals surface area contributed by atoms with Crippen molar-refractivity contribution in [1.82, 2.24) is 9.88 Å². The summed E-state index contributed by atoms with van der Waals surface area (Å²) < 4.78 is 65.6. The van der Waals surface area contributed by atoms with Crippen LogP contribution >= 0.6 is 0 Å². The second kappa shape index (κ2) is 8.95. The average molecular weight is 429 g/mol. The molecule has 2 aromatic rings. The number of benzene rings is 1. The Labute approximate surface area is 169 Å². The van der Waals surface area contributed by atoms with Crippen LogP contribution in [0.3, 0.4) is 0 Å². The van der Waals surface area contributed by atoms with Crippen molar-refractivity contribution in [3.8, 4) is 0 Å². The van der Waals surface area contributed by atoms with Crippen LogP contribution in [0.4, 0.5) is 27.8 Å². The van der Waals surface area contributed by atoms with Gasteiger partial charge < -0.3 is 10.0 Å². The molecule has 1 aliphatic heterocycles. The molecule has 1 saturated heterocycles. The fourth-order valence-corrected chi connectivity index (χ4v) is 3.62. The number of rotatable bonds is 6. The van der Waals surface area contributed by atoms with Gasteiger partial charge in [0.25, 0.3) is 6.43 Å². The second-order valence-electron chi connectivity index (χ2n) is 7.09. The van der Waals surface area contributed by atoms with Crippen LogP contribution in [0, 0.1) is 0 Å². The predicted molar refractivity (Wildman–Crippen MR) is 99.3 cm³/mol. The summed E-state index contributed by atoms with van der Waals surface area (Å²) in [6.07, 6.45) is -8.18. The zero-order valence-corrected chi connectivity index (χ0v) is 15.8. The number of piperazine rings is 1. The lowest BCUT2D eigenvalue weighted by Gasteiger charge is -2.42. The average Bonchev–Trinajstić information content (AvgIpc) is 2.67. The molecule has 0 saturated carbocycles. The number of aliphatic carboxylic acids is 1. The molecule has 0 bridgehead atoms. The standard InChI is InChI=1S/C20H20F5N3O2/c21-19(22)15-9-17(26-10-16(15)20(23,24)25)28-7-6-27(12-14(28)8-18(29)30)11-13-4-2-1-3-5-13/h1-5,9-10,14,19H,6-8,11-12H2,(H,29,30)/t14-/m0/s1. The number of hydrogen-bond donors (Lipinski definition) is 1. The number of halogens is 5. The van der Waals surface area contributed by atoms with Gasteiger partial charge in [-0.05, 0) is 11.6 Å². The number of nitrogens with zero attached hydrogens (tertiary/aromatic N) is 3. The molecule has 0 aliphatic carbocycles. The van der Waals surface area contributed by atoms with E-state index < -0.39 is 35.7 Å². The van der Waals surface area contributed by atoms with E-state index in [2.05, 4.69) is 4.98 Å². The third-order valence-corrected chi connectivity index (χ3v) is 4.98. The molecule has 3 rings (SSSR count). The highest BCUT2D eigenvalue weighted by atomic mass is 19.4. The fraction of sp³-hybridized carbons (Fsp3) is 0.400. The minimum atomic E-state index is -4.95. The first kappa shape index (κ1) is 21.9. The van der Waals surface area contributed by atoms with Crippen molar-refractivity contribution >= 4 is 11.8 Å². The summed E-state index contributed by atoms with van der Waals surface area (Å²) in [4.78, 5) is 18.6. The van der Waals surface area contributed by atoms with Gasteiger partial charge >= 0.3 is 12.1 Å². The van der Waals surface area contributed by atoms with E-state index in [4.69, 9.17) is 0 Å². The Bertz CT molecular complexity index is 876. The number of pyridine rings is 1. The highest BCUT2D eigenvalue weighted by Crippen LogP contribution is 2.37. The molecule has 1 aromatic heterocycles. The summed E-state index contributed by atoms with van der Waals surface area (Å²) in [6.45, 7) is 1.63. The van der Waals surface area contributed by atoms with Crippen LogP contribution in [0.25, 0.3) is 0 Å². The van der Waals surface area contributed by atoms with E-state index in [-0.39, 0.29) is 18.8 Å². The third-order valence-electron chi connectivity index (χ3n) is 4.98. The minimum absolute atomic E-state index is 0.0797. The molecule has 2 heterocycles. The van der Waals surface area contributed by atoms with E-state index in [0.717, 1.165) is 11.6 Å². The minimum Gasteiger partial charge on any atom is -0.481 e. The van der Waals surface area contributed by atoms with E-state index in [1.807, 2.05) is 35.2 Å². The molecule has 1 fully saturated rings. The molecule has 1 atom stereocenters. The lowest BCUT2D eigenvalue weighted by molar-refractivity contribution is -0.140. The van der Waals surface area contributed by atoms with Crippen LogP contribution in [0.1, 0.15) is 29.5 Å². The van der Waals surface area contributed by atoms with Gasteiger partial charge in [-0.25, -0.2) is 13.8 Å². The highest BCUT2D eigenvalue weighted by molar-refractivity contribution is 5.68. The maximum Gasteiger partial charge on any atom is 0.418 e. The van der Waals surface area contributed by atoms with Gasteiger partial charge in [-0.15, -0.1) is 0 Å². The van der Waals surface area contributed by atoms with Crippen molar-refractivity contribution in [3.63, 3.8) is 0 Å². The van der Waals surface area contributed by atoms with Crippen LogP contribution < -0.4 is 4.90 Å². The second-order valence-corrected chi connectivity index (χ2v) is 7.09. The lowest BCUT2D eigenvalue weighted by atomic mass is 10.1. The van der Waals surface area contributed by atoms with Gasteiger partial charge in [0, 0.05) is 37.9 Å². The predicted octanol–water partition coefficient (Wildman–Crippen LogP) is 4.20. The van der Waals surface area contributed by atoms with Crippen LogP contribution in [0.5, 0.6) is 0 Å². The van der Waals surface area contributed by atoms with E-state index in [9.17, 15) is 31.9 Å². The number of carbonyl (C=O) groups is 1. The molecule has 1 aromatic carbocycles. The monoisotopic (exact) mass is 429 g/mol. The molecule has 0 amide bonds. The first-order chi connectivity index (χ1) is 14.1. The van der Waals surface area contributed by atoms with Crippen molar-refractivity contribution in [2.45, 2.75) is 31.6 Å². The SMILES string of the molecule is O=C(O)C[C@H]1CN(Cc2ccccc2)CCN1c1cc(C(F)F)c(C(F)(F)F)cn1. The Morgan fingerprint density at radius 2 is 1.90 bits per heavy atom. The molecule has 0 spiro atoms. The lowest BCUT2D eigenvalue weighted by Crippen LogP contribution is -2.54. The summed E-state index contributed by atoms with van der Waals surface area (Å²) >= 11 is 0. The van der Waals surface area contributed by atoms with Gasteiger partial charge in [-0.3, -0.25) is 9.69 Å². The van der Waals surface area contributed by atoms with Crippen molar-refractivity contribution in [2.75, 3.05) is 24.5 Å². The largest absolute Gasteiger partial charge is 0.481 e. The number of carboxylic acids is 1. The van der Waals surface area contributed by atoms with Crippen LogP contribution in [0.2, 0.25) is 0 Å². The van der Waals surface area contributed by atoms with E-state index in [0.29, 0.717) is 25.8 Å². The third kappa shape index (κ3) is 5.24. The van der Waals surface area contributed by atoms with Crippen molar-refractivity contribution in [3.05, 3.63) is 59.3 Å². The van der Waals surface area contributed by atoms with Gasteiger partial charge in [-0.2, -0.15) is 13.2 Å². The number of anilines is 1. The topological polar surface area (TPSA) is 56.7 Å². The quantitative estimate of drug-likeness (QED) is 0.698. The van der Waals surface area contributed by atoms with Crippen molar-refractivity contribution in [2.24, 2.45) is 0 Å². The summed E-state index contributed by atoms with van der Waals surface area (Å²) in [5, 5.41) is 9.27. The normalized spacial score (nSPS) is 18.1. The number of carboxylic acid groups (broad SMARTS) is 1. The molecular weight excluding hydrogens is 409 g/mol. The van der Waals surface area contributed by atoms with Crippen LogP contribution in [0.15, 0.2) is 42.6 Å². The number of hydrogen-bond acceptors (Lipinski definition) is 4. The molecule has 0 unspecified atom stereocenters. The highest BCUT2D eigenvalue weighted by Gasteiger charge is 2.38. The zero-order chi connectivity index (χ0) is 21.9. The van der Waals surface area contributed by atoms with Crippen LogP contribution in [-0.2, 0) is 17.5 Å². The zero-order valence-electron chi connectivity index (χ0n) is 15.8. The maximum atomic E-state index is 13.3. The number of alkyl halides is 5. The Kier molecular flexibility index (Phi) is 6.55. The smallest absolute Gasteiger partial charge is 0.418 e. The van der Waals surface area contributed by atoms with Gasteiger partial charge in [0.1, 0.15) is 5.82 Å². The Hall–Kier alpha value is -2.75. The number of aromatic nitrogens is 1. The van der Waals surface area contributed by atoms with Gasteiger partial charge in [0.05, 0.1) is 18.0 Å². The fourth-order valence-electron chi connectivity index (χ4n) is 3.62. The molecule has 162 valence electrons. The molecule has 30 heavy (non-hydrogen) atoms. The molecule has 0 radical (unpaired) electrons. The Balaban J connectivity index is 1.85. The first-order valence-electron chi connectivity index (χ1n) is 9.25. The molecule has 5 nitrogen and oxygen atoms in total.